The number of carbonyl (C=O) groups is 2. The van der Waals surface area contributed by atoms with Crippen molar-refractivity contribution in [2.24, 2.45) is 0 Å². The molecule has 0 heterocycles. The maximum absolute atomic E-state index is 11.8. The summed E-state index contributed by atoms with van der Waals surface area (Å²) in [5.41, 5.74) is 0.569. The third-order valence-electron chi connectivity index (χ3n) is 2.50. The van der Waals surface area contributed by atoms with Gasteiger partial charge in [0.25, 0.3) is 0 Å². The molecular weight excluding hydrogens is 248 g/mol. The summed E-state index contributed by atoms with van der Waals surface area (Å²) in [6.45, 7) is 4.63. The second-order valence-corrected chi connectivity index (χ2v) is 3.81. The summed E-state index contributed by atoms with van der Waals surface area (Å²) in [7, 11) is 0. The number of carboxylic acids is 1. The van der Waals surface area contributed by atoms with Gasteiger partial charge in [-0.25, -0.2) is 9.59 Å². The highest BCUT2D eigenvalue weighted by Gasteiger charge is 2.09. The second kappa shape index (κ2) is 7.25. The van der Waals surface area contributed by atoms with Crippen LogP contribution in [0, 0.1) is 0 Å². The quantitative estimate of drug-likeness (QED) is 0.825. The Labute approximate surface area is 112 Å². The van der Waals surface area contributed by atoms with E-state index in [2.05, 4.69) is 5.32 Å². The van der Waals surface area contributed by atoms with E-state index in [0.717, 1.165) is 0 Å². The van der Waals surface area contributed by atoms with Crippen LogP contribution < -0.4 is 10.1 Å². The van der Waals surface area contributed by atoms with E-state index >= 15 is 0 Å². The Bertz CT molecular complexity index is 444. The fourth-order valence-electron chi connectivity index (χ4n) is 1.52. The first-order chi connectivity index (χ1) is 9.06. The van der Waals surface area contributed by atoms with Crippen LogP contribution in [0.15, 0.2) is 24.3 Å². The van der Waals surface area contributed by atoms with E-state index in [1.165, 1.54) is 0 Å². The topological polar surface area (TPSA) is 78.9 Å². The summed E-state index contributed by atoms with van der Waals surface area (Å²) < 4.78 is 5.04. The van der Waals surface area contributed by atoms with Gasteiger partial charge in [-0.2, -0.15) is 0 Å². The standard InChI is InChI=1S/C13H18N2O4/c1-3-15(4-2)13(18)14-10-6-5-7-11(8-10)19-9-12(16)17/h5-8H,3-4,9H2,1-2H3,(H,14,18)(H,16,17). The molecule has 1 aromatic rings. The molecule has 0 bridgehead atoms. The van der Waals surface area contributed by atoms with Crippen molar-refractivity contribution in [1.29, 1.82) is 0 Å². The molecule has 2 N–H and O–H groups in total. The Balaban J connectivity index is 2.66. The third-order valence-corrected chi connectivity index (χ3v) is 2.50. The van der Waals surface area contributed by atoms with E-state index in [4.69, 9.17) is 9.84 Å². The van der Waals surface area contributed by atoms with Crippen molar-refractivity contribution in [2.45, 2.75) is 13.8 Å². The molecule has 0 aliphatic carbocycles. The average Bonchev–Trinajstić information content (AvgIpc) is 2.38. The SMILES string of the molecule is CCN(CC)C(=O)Nc1cccc(OCC(=O)O)c1. The summed E-state index contributed by atoms with van der Waals surface area (Å²) in [5, 5.41) is 11.3. The van der Waals surface area contributed by atoms with Gasteiger partial charge in [-0.1, -0.05) is 6.07 Å². The summed E-state index contributed by atoms with van der Waals surface area (Å²) in [6, 6.07) is 6.44. The van der Waals surface area contributed by atoms with Crippen molar-refractivity contribution >= 4 is 17.7 Å². The summed E-state index contributed by atoms with van der Waals surface area (Å²) >= 11 is 0. The monoisotopic (exact) mass is 266 g/mol. The molecule has 0 unspecified atom stereocenters. The van der Waals surface area contributed by atoms with Crippen molar-refractivity contribution in [3.05, 3.63) is 24.3 Å². The van der Waals surface area contributed by atoms with Crippen LogP contribution in [0.1, 0.15) is 13.8 Å². The van der Waals surface area contributed by atoms with Crippen LogP contribution in [-0.2, 0) is 4.79 Å². The number of nitrogens with zero attached hydrogens (tertiary/aromatic N) is 1. The van der Waals surface area contributed by atoms with Crippen molar-refractivity contribution in [3.63, 3.8) is 0 Å². The van der Waals surface area contributed by atoms with Crippen LogP contribution in [0.2, 0.25) is 0 Å². The molecule has 19 heavy (non-hydrogen) atoms. The van der Waals surface area contributed by atoms with Gasteiger partial charge in [0.15, 0.2) is 6.61 Å². The third kappa shape index (κ3) is 4.87. The van der Waals surface area contributed by atoms with E-state index in [-0.39, 0.29) is 6.03 Å². The van der Waals surface area contributed by atoms with Crippen LogP contribution >= 0.6 is 0 Å². The number of anilines is 1. The minimum absolute atomic E-state index is 0.194. The minimum atomic E-state index is -1.04. The number of hydrogen-bond acceptors (Lipinski definition) is 3. The Hall–Kier alpha value is -2.24. The van der Waals surface area contributed by atoms with Gasteiger partial charge in [0.1, 0.15) is 5.75 Å². The van der Waals surface area contributed by atoms with Crippen LogP contribution in [0.3, 0.4) is 0 Å². The van der Waals surface area contributed by atoms with Gasteiger partial charge in [0.05, 0.1) is 0 Å². The first kappa shape index (κ1) is 14.8. The highest BCUT2D eigenvalue weighted by atomic mass is 16.5. The fourth-order valence-corrected chi connectivity index (χ4v) is 1.52. The van der Waals surface area contributed by atoms with E-state index < -0.39 is 12.6 Å². The van der Waals surface area contributed by atoms with Gasteiger partial charge in [-0.3, -0.25) is 0 Å². The van der Waals surface area contributed by atoms with Crippen molar-refractivity contribution < 1.29 is 19.4 Å². The highest BCUT2D eigenvalue weighted by molar-refractivity contribution is 5.89. The number of carboxylic acid groups (broad SMARTS) is 1. The summed E-state index contributed by atoms with van der Waals surface area (Å²) in [6.07, 6.45) is 0. The van der Waals surface area contributed by atoms with Crippen molar-refractivity contribution in [3.8, 4) is 5.75 Å². The lowest BCUT2D eigenvalue weighted by atomic mass is 10.3. The number of nitrogens with one attached hydrogen (secondary N) is 1. The predicted molar refractivity (Wildman–Crippen MR) is 71.5 cm³/mol. The maximum Gasteiger partial charge on any atom is 0.341 e. The van der Waals surface area contributed by atoms with Gasteiger partial charge in [0.2, 0.25) is 0 Å². The highest BCUT2D eigenvalue weighted by Crippen LogP contribution is 2.17. The summed E-state index contributed by atoms with van der Waals surface area (Å²) in [4.78, 5) is 23.9. The fraction of sp³-hybridized carbons (Fsp3) is 0.385. The normalized spacial score (nSPS) is 9.79. The number of aliphatic carboxylic acids is 1. The first-order valence-electron chi connectivity index (χ1n) is 6.07. The zero-order chi connectivity index (χ0) is 14.3. The van der Waals surface area contributed by atoms with E-state index in [1.54, 1.807) is 29.2 Å². The molecule has 2 amide bonds. The zero-order valence-corrected chi connectivity index (χ0v) is 11.0. The smallest absolute Gasteiger partial charge is 0.341 e. The molecule has 0 aliphatic rings. The molecule has 0 aromatic heterocycles. The maximum atomic E-state index is 11.8. The zero-order valence-electron chi connectivity index (χ0n) is 11.0. The lowest BCUT2D eigenvalue weighted by Gasteiger charge is -2.19. The Morgan fingerprint density at radius 1 is 1.32 bits per heavy atom. The van der Waals surface area contributed by atoms with Gasteiger partial charge in [0, 0.05) is 24.8 Å². The molecule has 6 nitrogen and oxygen atoms in total. The second-order valence-electron chi connectivity index (χ2n) is 3.81. The lowest BCUT2D eigenvalue weighted by molar-refractivity contribution is -0.139. The van der Waals surface area contributed by atoms with Crippen LogP contribution in [0.5, 0.6) is 5.75 Å². The predicted octanol–water partition coefficient (Wildman–Crippen LogP) is 2.02. The molecule has 0 atom stereocenters. The minimum Gasteiger partial charge on any atom is -0.482 e. The molecule has 104 valence electrons. The Kier molecular flexibility index (Phi) is 5.66. The van der Waals surface area contributed by atoms with Gasteiger partial charge < -0.3 is 20.1 Å². The van der Waals surface area contributed by atoms with E-state index in [9.17, 15) is 9.59 Å². The molecule has 0 saturated heterocycles. The molecule has 0 radical (unpaired) electrons. The van der Waals surface area contributed by atoms with Crippen LogP contribution in [0.4, 0.5) is 10.5 Å². The molecule has 0 aliphatic heterocycles. The number of ether oxygens (including phenoxy) is 1. The number of amides is 2. The number of rotatable bonds is 6. The van der Waals surface area contributed by atoms with Crippen molar-refractivity contribution in [1.82, 2.24) is 4.90 Å². The lowest BCUT2D eigenvalue weighted by Crippen LogP contribution is -2.34. The van der Waals surface area contributed by atoms with Crippen LogP contribution in [0.25, 0.3) is 0 Å². The van der Waals surface area contributed by atoms with E-state index in [0.29, 0.717) is 24.5 Å². The van der Waals surface area contributed by atoms with Gasteiger partial charge in [-0.05, 0) is 26.0 Å². The number of benzene rings is 1. The van der Waals surface area contributed by atoms with Crippen molar-refractivity contribution in [2.75, 3.05) is 25.0 Å². The molecule has 0 spiro atoms. The van der Waals surface area contributed by atoms with E-state index in [1.807, 2.05) is 13.8 Å². The molecule has 0 saturated carbocycles. The molecule has 0 fully saturated rings. The Morgan fingerprint density at radius 2 is 2.00 bits per heavy atom. The summed E-state index contributed by atoms with van der Waals surface area (Å²) in [5.74, 6) is -0.641. The average molecular weight is 266 g/mol. The largest absolute Gasteiger partial charge is 0.482 e. The van der Waals surface area contributed by atoms with Crippen LogP contribution in [-0.4, -0.2) is 41.7 Å². The molecule has 1 aromatic carbocycles. The molecular formula is C13H18N2O4. The Morgan fingerprint density at radius 3 is 2.58 bits per heavy atom. The number of hydrogen-bond donors (Lipinski definition) is 2. The van der Waals surface area contributed by atoms with Gasteiger partial charge in [-0.15, -0.1) is 0 Å². The molecule has 6 heteroatoms. The molecule has 1 rings (SSSR count). The first-order valence-corrected chi connectivity index (χ1v) is 6.07. The van der Waals surface area contributed by atoms with Gasteiger partial charge >= 0.3 is 12.0 Å². The number of carbonyl (C=O) groups excluding carboxylic acids is 1. The number of urea groups is 1.